The summed E-state index contributed by atoms with van der Waals surface area (Å²) in [7, 11) is 3.89. The van der Waals surface area contributed by atoms with Crippen LogP contribution in [0.2, 0.25) is 0 Å². The molecule has 0 saturated carbocycles. The van der Waals surface area contributed by atoms with Crippen LogP contribution in [0.4, 0.5) is 0 Å². The molecule has 54 valence electrons. The zero-order valence-corrected chi connectivity index (χ0v) is 8.01. The first-order valence-corrected chi connectivity index (χ1v) is 4.10. The number of likely N-dealkylation sites (tertiary alicyclic amines) is 1. The zero-order valence-electron chi connectivity index (χ0n) is 5.85. The molecule has 0 radical (unpaired) electrons. The van der Waals surface area contributed by atoms with Crippen molar-refractivity contribution in [3.63, 3.8) is 0 Å². The average Bonchev–Trinajstić information content (AvgIpc) is 1.62. The molecule has 0 aromatic heterocycles. The van der Waals surface area contributed by atoms with Gasteiger partial charge in [0.05, 0.1) is 10.0 Å². The molecule has 1 saturated heterocycles. The molecule has 0 amide bonds. The lowest BCUT2D eigenvalue weighted by Crippen LogP contribution is -2.58. The largest absolute Gasteiger partial charge is 0.383 e. The fraction of sp³-hybridized carbons (Fsp3) is 1.00. The van der Waals surface area contributed by atoms with Gasteiger partial charge in [-0.3, -0.25) is 0 Å². The van der Waals surface area contributed by atoms with Crippen molar-refractivity contribution < 1.29 is 4.74 Å². The molecule has 0 bridgehead atoms. The van der Waals surface area contributed by atoms with Crippen molar-refractivity contribution in [1.29, 1.82) is 0 Å². The number of alkyl halides is 1. The van der Waals surface area contributed by atoms with Crippen LogP contribution in [-0.4, -0.2) is 42.2 Å². The molecule has 0 aliphatic carbocycles. The van der Waals surface area contributed by atoms with E-state index in [-0.39, 0.29) is 0 Å². The van der Waals surface area contributed by atoms with Crippen molar-refractivity contribution in [1.82, 2.24) is 4.90 Å². The Morgan fingerprint density at radius 3 is 2.56 bits per heavy atom. The van der Waals surface area contributed by atoms with Gasteiger partial charge in [0.25, 0.3) is 0 Å². The minimum atomic E-state index is 0.418. The molecule has 0 spiro atoms. The van der Waals surface area contributed by atoms with Gasteiger partial charge in [0, 0.05) is 20.2 Å². The molecule has 0 aromatic rings. The molecule has 0 unspecified atom stereocenters. The standard InChI is InChI=1S/C6H12INO/c1-8-3-6(7,4-8)5-9-2/h3-5H2,1-2H3. The third-order valence-corrected chi connectivity index (χ3v) is 2.50. The second-order valence-electron chi connectivity index (χ2n) is 2.76. The number of ether oxygens (including phenoxy) is 1. The summed E-state index contributed by atoms with van der Waals surface area (Å²) in [5.74, 6) is 0. The van der Waals surface area contributed by atoms with Gasteiger partial charge in [-0.05, 0) is 7.05 Å². The summed E-state index contributed by atoms with van der Waals surface area (Å²) in [6, 6.07) is 0. The summed E-state index contributed by atoms with van der Waals surface area (Å²) in [4.78, 5) is 2.30. The Morgan fingerprint density at radius 2 is 2.22 bits per heavy atom. The van der Waals surface area contributed by atoms with E-state index in [4.69, 9.17) is 4.74 Å². The Labute approximate surface area is 69.7 Å². The predicted octanol–water partition coefficient (Wildman–Crippen LogP) is 0.752. The van der Waals surface area contributed by atoms with Crippen LogP contribution in [0.3, 0.4) is 0 Å². The molecule has 0 atom stereocenters. The van der Waals surface area contributed by atoms with Gasteiger partial charge < -0.3 is 9.64 Å². The van der Waals surface area contributed by atoms with E-state index in [0.717, 1.165) is 6.61 Å². The van der Waals surface area contributed by atoms with Crippen LogP contribution >= 0.6 is 22.6 Å². The van der Waals surface area contributed by atoms with E-state index < -0.39 is 0 Å². The normalized spacial score (nSPS) is 25.7. The molecule has 1 heterocycles. The van der Waals surface area contributed by atoms with Crippen molar-refractivity contribution in [3.05, 3.63) is 0 Å². The molecule has 0 aromatic carbocycles. The van der Waals surface area contributed by atoms with Crippen molar-refractivity contribution in [2.75, 3.05) is 33.9 Å². The van der Waals surface area contributed by atoms with E-state index in [2.05, 4.69) is 34.5 Å². The highest BCUT2D eigenvalue weighted by molar-refractivity contribution is 14.1. The van der Waals surface area contributed by atoms with Gasteiger partial charge in [-0.2, -0.15) is 0 Å². The SMILES string of the molecule is COCC1(I)CN(C)C1. The topological polar surface area (TPSA) is 12.5 Å². The van der Waals surface area contributed by atoms with Gasteiger partial charge >= 0.3 is 0 Å². The van der Waals surface area contributed by atoms with Crippen LogP contribution in [-0.2, 0) is 4.74 Å². The lowest BCUT2D eigenvalue weighted by Gasteiger charge is -2.43. The fourth-order valence-electron chi connectivity index (χ4n) is 1.27. The molecule has 3 heteroatoms. The maximum Gasteiger partial charge on any atom is 0.0707 e. The monoisotopic (exact) mass is 241 g/mol. The summed E-state index contributed by atoms with van der Waals surface area (Å²) in [6.45, 7) is 3.22. The summed E-state index contributed by atoms with van der Waals surface area (Å²) in [5.41, 5.74) is 0. The summed E-state index contributed by atoms with van der Waals surface area (Å²) >= 11 is 2.48. The van der Waals surface area contributed by atoms with E-state index in [0.29, 0.717) is 3.42 Å². The van der Waals surface area contributed by atoms with Crippen molar-refractivity contribution in [3.8, 4) is 0 Å². The molecule has 1 aliphatic rings. The number of methoxy groups -OCH3 is 1. The second kappa shape index (κ2) is 2.72. The minimum absolute atomic E-state index is 0.418. The van der Waals surface area contributed by atoms with Gasteiger partial charge in [0.1, 0.15) is 0 Å². The molecule has 1 fully saturated rings. The fourth-order valence-corrected chi connectivity index (χ4v) is 2.75. The van der Waals surface area contributed by atoms with Gasteiger partial charge in [-0.25, -0.2) is 0 Å². The first-order valence-electron chi connectivity index (χ1n) is 3.03. The first-order chi connectivity index (χ1) is 4.16. The maximum absolute atomic E-state index is 5.06. The van der Waals surface area contributed by atoms with Crippen LogP contribution in [0.5, 0.6) is 0 Å². The van der Waals surface area contributed by atoms with E-state index in [1.165, 1.54) is 13.1 Å². The lowest BCUT2D eigenvalue weighted by atomic mass is 10.0. The van der Waals surface area contributed by atoms with Crippen LogP contribution < -0.4 is 0 Å². The quantitative estimate of drug-likeness (QED) is 0.522. The van der Waals surface area contributed by atoms with Crippen molar-refractivity contribution >= 4 is 22.6 Å². The number of halogens is 1. The van der Waals surface area contributed by atoms with Crippen LogP contribution in [0, 0.1) is 0 Å². The Bertz CT molecular complexity index is 95.7. The Morgan fingerprint density at radius 1 is 1.67 bits per heavy atom. The van der Waals surface area contributed by atoms with E-state index >= 15 is 0 Å². The zero-order chi connectivity index (χ0) is 6.91. The lowest BCUT2D eigenvalue weighted by molar-refractivity contribution is 0.0855. The summed E-state index contributed by atoms with van der Waals surface area (Å²) in [5, 5.41) is 0. The third kappa shape index (κ3) is 1.78. The average molecular weight is 241 g/mol. The summed E-state index contributed by atoms with van der Waals surface area (Å²) < 4.78 is 5.48. The predicted molar refractivity (Wildman–Crippen MR) is 46.1 cm³/mol. The third-order valence-electron chi connectivity index (χ3n) is 1.51. The minimum Gasteiger partial charge on any atom is -0.383 e. The number of nitrogens with zero attached hydrogens (tertiary/aromatic N) is 1. The molecule has 0 N–H and O–H groups in total. The van der Waals surface area contributed by atoms with Crippen LogP contribution in [0.15, 0.2) is 0 Å². The highest BCUT2D eigenvalue weighted by atomic mass is 127. The van der Waals surface area contributed by atoms with Crippen molar-refractivity contribution in [2.45, 2.75) is 3.42 Å². The summed E-state index contributed by atoms with van der Waals surface area (Å²) in [6.07, 6.45) is 0. The van der Waals surface area contributed by atoms with Crippen LogP contribution in [0.1, 0.15) is 0 Å². The Balaban J connectivity index is 2.23. The second-order valence-corrected chi connectivity index (χ2v) is 5.04. The molecule has 2 nitrogen and oxygen atoms in total. The number of hydrogen-bond donors (Lipinski definition) is 0. The van der Waals surface area contributed by atoms with Gasteiger partial charge in [-0.15, -0.1) is 0 Å². The smallest absolute Gasteiger partial charge is 0.0707 e. The van der Waals surface area contributed by atoms with E-state index in [9.17, 15) is 0 Å². The number of hydrogen-bond acceptors (Lipinski definition) is 2. The maximum atomic E-state index is 5.06. The van der Waals surface area contributed by atoms with E-state index in [1.807, 2.05) is 0 Å². The van der Waals surface area contributed by atoms with Gasteiger partial charge in [0.15, 0.2) is 0 Å². The van der Waals surface area contributed by atoms with Crippen molar-refractivity contribution in [2.24, 2.45) is 0 Å². The van der Waals surface area contributed by atoms with E-state index in [1.54, 1.807) is 7.11 Å². The molecule has 1 aliphatic heterocycles. The van der Waals surface area contributed by atoms with Gasteiger partial charge in [-0.1, -0.05) is 22.6 Å². The Hall–Kier alpha value is 0.650. The number of rotatable bonds is 2. The molecule has 9 heavy (non-hydrogen) atoms. The van der Waals surface area contributed by atoms with Crippen LogP contribution in [0.25, 0.3) is 0 Å². The molecule has 1 rings (SSSR count). The highest BCUT2D eigenvalue weighted by Gasteiger charge is 2.38. The Kier molecular flexibility index (Phi) is 2.34. The highest BCUT2D eigenvalue weighted by Crippen LogP contribution is 2.29. The molecular weight excluding hydrogens is 229 g/mol. The van der Waals surface area contributed by atoms with Gasteiger partial charge in [0.2, 0.25) is 0 Å². The first kappa shape index (κ1) is 7.75. The molecular formula is C6H12INO.